The van der Waals surface area contributed by atoms with Crippen molar-refractivity contribution >= 4 is 12.3 Å². The summed E-state index contributed by atoms with van der Waals surface area (Å²) in [6.07, 6.45) is 9.65. The minimum Gasteiger partial charge on any atom is -0.434 e. The minimum absolute atomic E-state index is 0.174. The zero-order valence-electron chi connectivity index (χ0n) is 13.0. The van der Waals surface area contributed by atoms with E-state index in [1.807, 2.05) is 0 Å². The van der Waals surface area contributed by atoms with E-state index in [4.69, 9.17) is 31.8 Å². The van der Waals surface area contributed by atoms with Crippen LogP contribution in [-0.4, -0.2) is 37.7 Å². The van der Waals surface area contributed by atoms with Gasteiger partial charge in [0.25, 0.3) is 0 Å². The van der Waals surface area contributed by atoms with Gasteiger partial charge >= 0.3 is 12.3 Å². The van der Waals surface area contributed by atoms with Crippen molar-refractivity contribution in [2.75, 3.05) is 13.2 Å². The van der Waals surface area contributed by atoms with Gasteiger partial charge in [-0.3, -0.25) is 0 Å². The number of hydrogen-bond donors (Lipinski definition) is 0. The van der Waals surface area contributed by atoms with Crippen LogP contribution >= 0.6 is 0 Å². The van der Waals surface area contributed by atoms with E-state index < -0.39 is 12.3 Å². The van der Waals surface area contributed by atoms with E-state index in [1.54, 1.807) is 13.8 Å². The molecule has 0 N–H and O–H groups in total. The molecule has 0 fully saturated rings. The molecule has 0 aliphatic carbocycles. The smallest absolute Gasteiger partial charge is 0.434 e. The molecule has 6 heteroatoms. The van der Waals surface area contributed by atoms with Gasteiger partial charge in [-0.2, -0.15) is 0 Å². The highest BCUT2D eigenvalue weighted by molar-refractivity contribution is 5.60. The van der Waals surface area contributed by atoms with E-state index in [0.29, 0.717) is 25.7 Å². The number of carbonyl (C=O) groups is 2. The van der Waals surface area contributed by atoms with Gasteiger partial charge in [0.15, 0.2) is 0 Å². The van der Waals surface area contributed by atoms with E-state index in [1.165, 1.54) is 0 Å². The maximum atomic E-state index is 11.2. The topological polar surface area (TPSA) is 71.1 Å². The fourth-order valence-electron chi connectivity index (χ4n) is 1.33. The number of ether oxygens (including phenoxy) is 4. The Balaban J connectivity index is 3.54. The average molecular weight is 310 g/mol. The Morgan fingerprint density at radius 1 is 0.864 bits per heavy atom. The van der Waals surface area contributed by atoms with Gasteiger partial charge in [0.1, 0.15) is 12.2 Å². The fourth-order valence-corrected chi connectivity index (χ4v) is 1.33. The first-order chi connectivity index (χ1) is 10.5. The Kier molecular flexibility index (Phi) is 11.1. The average Bonchev–Trinajstić information content (AvgIpc) is 2.42. The lowest BCUT2D eigenvalue weighted by atomic mass is 10.3. The first-order valence-electron chi connectivity index (χ1n) is 7.03. The first-order valence-corrected chi connectivity index (χ1v) is 7.03. The molecular weight excluding hydrogens is 288 g/mol. The number of hydrogen-bond acceptors (Lipinski definition) is 6. The predicted molar refractivity (Wildman–Crippen MR) is 79.9 cm³/mol. The summed E-state index contributed by atoms with van der Waals surface area (Å²) in [6.45, 7) is 3.71. The van der Waals surface area contributed by atoms with Crippen molar-refractivity contribution in [3.05, 3.63) is 0 Å². The first kappa shape index (κ1) is 19.7. The molecule has 2 unspecified atom stereocenters. The number of unbranched alkanes of at least 4 members (excludes halogenated alkanes) is 1. The third-order valence-electron chi connectivity index (χ3n) is 2.38. The summed E-state index contributed by atoms with van der Waals surface area (Å²) in [5, 5.41) is 0. The summed E-state index contributed by atoms with van der Waals surface area (Å²) in [6, 6.07) is 0. The highest BCUT2D eigenvalue weighted by Gasteiger charge is 2.10. The van der Waals surface area contributed by atoms with Gasteiger partial charge in [-0.05, 0) is 26.7 Å². The maximum absolute atomic E-state index is 11.2. The largest absolute Gasteiger partial charge is 0.508 e. The molecular formula is C16H22O6. The molecule has 0 saturated heterocycles. The van der Waals surface area contributed by atoms with Crippen LogP contribution in [-0.2, 0) is 18.9 Å². The maximum Gasteiger partial charge on any atom is 0.508 e. The van der Waals surface area contributed by atoms with Gasteiger partial charge in [0.05, 0.1) is 13.2 Å². The molecule has 2 atom stereocenters. The molecule has 6 nitrogen and oxygen atoms in total. The molecule has 0 aliphatic rings. The molecule has 22 heavy (non-hydrogen) atoms. The van der Waals surface area contributed by atoms with Gasteiger partial charge in [-0.1, -0.05) is 0 Å². The Morgan fingerprint density at radius 2 is 1.23 bits per heavy atom. The lowest BCUT2D eigenvalue weighted by Crippen LogP contribution is -2.17. The van der Waals surface area contributed by atoms with Gasteiger partial charge in [0, 0.05) is 12.8 Å². The highest BCUT2D eigenvalue weighted by Crippen LogP contribution is 2.02. The van der Waals surface area contributed by atoms with Crippen LogP contribution in [0.25, 0.3) is 0 Å². The van der Waals surface area contributed by atoms with Crippen LogP contribution in [0.1, 0.15) is 39.5 Å². The van der Waals surface area contributed by atoms with E-state index in [9.17, 15) is 9.59 Å². The van der Waals surface area contributed by atoms with Gasteiger partial charge in [-0.25, -0.2) is 9.59 Å². The summed E-state index contributed by atoms with van der Waals surface area (Å²) >= 11 is 0. The Hall–Kier alpha value is -2.34. The van der Waals surface area contributed by atoms with Crippen molar-refractivity contribution in [1.82, 2.24) is 0 Å². The van der Waals surface area contributed by atoms with Gasteiger partial charge in [0.2, 0.25) is 0 Å². The van der Waals surface area contributed by atoms with E-state index in [0.717, 1.165) is 0 Å². The molecule has 0 amide bonds. The molecule has 0 saturated carbocycles. The Bertz CT molecular complexity index is 377. The fraction of sp³-hybridized carbons (Fsp3) is 0.625. The molecule has 0 aliphatic heterocycles. The number of terminal acetylenes is 2. The van der Waals surface area contributed by atoms with Crippen molar-refractivity contribution < 1.29 is 28.5 Å². The second kappa shape index (κ2) is 12.4. The third-order valence-corrected chi connectivity index (χ3v) is 2.38. The molecule has 0 radical (unpaired) electrons. The van der Waals surface area contributed by atoms with E-state index in [2.05, 4.69) is 11.8 Å². The summed E-state index contributed by atoms with van der Waals surface area (Å²) < 4.78 is 19.4. The normalized spacial score (nSPS) is 12.2. The van der Waals surface area contributed by atoms with Crippen molar-refractivity contribution in [3.8, 4) is 24.7 Å². The Labute approximate surface area is 131 Å². The SMILES string of the molecule is C#CCC(C)OC(=O)OCCCCOC(=O)OC(C)CC#C. The van der Waals surface area contributed by atoms with Crippen LogP contribution in [0, 0.1) is 24.7 Å². The quantitative estimate of drug-likeness (QED) is 0.370. The highest BCUT2D eigenvalue weighted by atomic mass is 16.7. The molecule has 0 bridgehead atoms. The molecule has 0 aromatic carbocycles. The van der Waals surface area contributed by atoms with E-state index in [-0.39, 0.29) is 25.4 Å². The summed E-state index contributed by atoms with van der Waals surface area (Å²) in [7, 11) is 0. The monoisotopic (exact) mass is 310 g/mol. The number of carbonyl (C=O) groups excluding carboxylic acids is 2. The van der Waals surface area contributed by atoms with Crippen molar-refractivity contribution in [2.45, 2.75) is 51.7 Å². The summed E-state index contributed by atoms with van der Waals surface area (Å²) in [4.78, 5) is 22.4. The van der Waals surface area contributed by atoms with Crippen LogP contribution in [0.3, 0.4) is 0 Å². The second-order valence-corrected chi connectivity index (χ2v) is 4.58. The van der Waals surface area contributed by atoms with E-state index >= 15 is 0 Å². The summed E-state index contributed by atoms with van der Waals surface area (Å²) in [5.41, 5.74) is 0. The second-order valence-electron chi connectivity index (χ2n) is 4.58. The van der Waals surface area contributed by atoms with Crippen LogP contribution in [0.2, 0.25) is 0 Å². The van der Waals surface area contributed by atoms with Crippen LogP contribution in [0.4, 0.5) is 9.59 Å². The summed E-state index contributed by atoms with van der Waals surface area (Å²) in [5.74, 6) is 4.77. The van der Waals surface area contributed by atoms with Crippen LogP contribution < -0.4 is 0 Å². The van der Waals surface area contributed by atoms with Crippen molar-refractivity contribution in [3.63, 3.8) is 0 Å². The third kappa shape index (κ3) is 11.5. The van der Waals surface area contributed by atoms with Gasteiger partial charge < -0.3 is 18.9 Å². The molecule has 0 heterocycles. The molecule has 0 spiro atoms. The van der Waals surface area contributed by atoms with Crippen LogP contribution in [0.5, 0.6) is 0 Å². The lowest BCUT2D eigenvalue weighted by Gasteiger charge is -2.11. The zero-order chi connectivity index (χ0) is 16.8. The van der Waals surface area contributed by atoms with Crippen molar-refractivity contribution in [2.24, 2.45) is 0 Å². The standard InChI is InChI=1S/C16H22O6/c1-5-9-13(3)21-15(17)19-11-7-8-12-20-16(18)22-14(4)10-6-2/h1-2,13-14H,7-12H2,3-4H3. The molecule has 0 rings (SSSR count). The van der Waals surface area contributed by atoms with Crippen molar-refractivity contribution in [1.29, 1.82) is 0 Å². The van der Waals surface area contributed by atoms with Gasteiger partial charge in [-0.15, -0.1) is 24.7 Å². The van der Waals surface area contributed by atoms with Crippen LogP contribution in [0.15, 0.2) is 0 Å². The zero-order valence-corrected chi connectivity index (χ0v) is 13.0. The lowest BCUT2D eigenvalue weighted by molar-refractivity contribution is 0.0210. The Morgan fingerprint density at radius 3 is 1.55 bits per heavy atom. The molecule has 0 aromatic heterocycles. The number of rotatable bonds is 9. The predicted octanol–water partition coefficient (Wildman–Crippen LogP) is 2.90. The molecule has 122 valence electrons. The minimum atomic E-state index is -0.758. The molecule has 0 aromatic rings.